The van der Waals surface area contributed by atoms with Crippen LogP contribution in [0.2, 0.25) is 0 Å². The Kier molecular flexibility index (Phi) is 4.21. The summed E-state index contributed by atoms with van der Waals surface area (Å²) in [4.78, 5) is 21.2. The van der Waals surface area contributed by atoms with E-state index in [9.17, 15) is 9.90 Å². The first kappa shape index (κ1) is 15.9. The number of piperidine rings is 2. The third-order valence-corrected chi connectivity index (χ3v) is 6.31. The van der Waals surface area contributed by atoms with Crippen molar-refractivity contribution in [1.29, 1.82) is 0 Å². The minimum absolute atomic E-state index is 0.138. The maximum Gasteiger partial charge on any atom is 0.225 e. The lowest BCUT2D eigenvalue weighted by atomic mass is 9.75. The van der Waals surface area contributed by atoms with Crippen molar-refractivity contribution in [1.82, 2.24) is 9.88 Å². The van der Waals surface area contributed by atoms with E-state index in [0.29, 0.717) is 12.5 Å². The molecule has 5 nitrogen and oxygen atoms in total. The van der Waals surface area contributed by atoms with Gasteiger partial charge in [0.25, 0.3) is 0 Å². The first-order valence-corrected chi connectivity index (χ1v) is 9.32. The van der Waals surface area contributed by atoms with Crippen LogP contribution in [0.25, 0.3) is 0 Å². The van der Waals surface area contributed by atoms with E-state index in [0.717, 1.165) is 51.0 Å². The fraction of sp³-hybridized carbons (Fsp3) is 0.684. The molecule has 2 aliphatic heterocycles. The highest BCUT2D eigenvalue weighted by atomic mass is 16.3. The Labute approximate surface area is 143 Å². The molecule has 1 aromatic rings. The molecular weight excluding hydrogens is 302 g/mol. The zero-order chi connectivity index (χ0) is 16.6. The predicted molar refractivity (Wildman–Crippen MR) is 92.7 cm³/mol. The van der Waals surface area contributed by atoms with Crippen molar-refractivity contribution in [3.63, 3.8) is 0 Å². The third-order valence-electron chi connectivity index (χ3n) is 6.31. The molecule has 1 amide bonds. The van der Waals surface area contributed by atoms with Gasteiger partial charge in [0.15, 0.2) is 0 Å². The number of nitrogens with zero attached hydrogens (tertiary/aromatic N) is 3. The largest absolute Gasteiger partial charge is 0.389 e. The lowest BCUT2D eigenvalue weighted by molar-refractivity contribution is -0.145. The Morgan fingerprint density at radius 1 is 1.12 bits per heavy atom. The van der Waals surface area contributed by atoms with Gasteiger partial charge in [-0.1, -0.05) is 12.8 Å². The molecule has 0 bridgehead atoms. The average molecular weight is 329 g/mol. The summed E-state index contributed by atoms with van der Waals surface area (Å²) in [6.07, 6.45) is 9.60. The molecular formula is C19H27N3O2. The van der Waals surface area contributed by atoms with E-state index in [4.69, 9.17) is 0 Å². The van der Waals surface area contributed by atoms with E-state index in [1.54, 1.807) is 0 Å². The molecule has 2 atom stereocenters. The molecule has 24 heavy (non-hydrogen) atoms. The molecule has 3 heterocycles. The Bertz CT molecular complexity index is 588. The maximum atomic E-state index is 12.8. The Morgan fingerprint density at radius 3 is 2.58 bits per heavy atom. The number of hydrogen-bond acceptors (Lipinski definition) is 4. The van der Waals surface area contributed by atoms with Gasteiger partial charge in [0, 0.05) is 56.1 Å². The van der Waals surface area contributed by atoms with E-state index in [-0.39, 0.29) is 11.8 Å². The molecule has 1 saturated carbocycles. The van der Waals surface area contributed by atoms with Crippen LogP contribution in [-0.4, -0.2) is 52.7 Å². The average Bonchev–Trinajstić information content (AvgIpc) is 3.15. The summed E-state index contributed by atoms with van der Waals surface area (Å²) in [7, 11) is 0. The Balaban J connectivity index is 1.46. The van der Waals surface area contributed by atoms with E-state index in [1.807, 2.05) is 29.4 Å². The van der Waals surface area contributed by atoms with Crippen molar-refractivity contribution >= 4 is 11.6 Å². The normalized spacial score (nSPS) is 31.1. The molecule has 4 rings (SSSR count). The van der Waals surface area contributed by atoms with Crippen LogP contribution >= 0.6 is 0 Å². The number of pyridine rings is 1. The molecule has 1 N–H and O–H groups in total. The number of hydrogen-bond donors (Lipinski definition) is 1. The molecule has 0 unspecified atom stereocenters. The van der Waals surface area contributed by atoms with E-state index in [2.05, 4.69) is 9.88 Å². The highest BCUT2D eigenvalue weighted by Crippen LogP contribution is 2.38. The van der Waals surface area contributed by atoms with Gasteiger partial charge in [-0.3, -0.25) is 9.78 Å². The van der Waals surface area contributed by atoms with Crippen molar-refractivity contribution in [2.75, 3.05) is 31.1 Å². The number of carbonyl (C=O) groups is 1. The summed E-state index contributed by atoms with van der Waals surface area (Å²) in [5, 5.41) is 11.0. The monoisotopic (exact) mass is 329 g/mol. The van der Waals surface area contributed by atoms with E-state index < -0.39 is 5.60 Å². The van der Waals surface area contributed by atoms with Crippen LogP contribution in [-0.2, 0) is 4.79 Å². The summed E-state index contributed by atoms with van der Waals surface area (Å²) < 4.78 is 0. The topological polar surface area (TPSA) is 56.7 Å². The molecule has 0 aromatic carbocycles. The van der Waals surface area contributed by atoms with Gasteiger partial charge in [-0.15, -0.1) is 0 Å². The summed E-state index contributed by atoms with van der Waals surface area (Å²) in [6, 6.07) is 4.04. The second-order valence-corrected chi connectivity index (χ2v) is 7.72. The Hall–Kier alpha value is -1.62. The minimum atomic E-state index is -0.601. The van der Waals surface area contributed by atoms with Gasteiger partial charge in [0.1, 0.15) is 0 Å². The lowest BCUT2D eigenvalue weighted by Gasteiger charge is -2.51. The highest BCUT2D eigenvalue weighted by Gasteiger charge is 2.46. The number of anilines is 1. The second kappa shape index (κ2) is 6.36. The Morgan fingerprint density at radius 2 is 1.83 bits per heavy atom. The maximum absolute atomic E-state index is 12.8. The predicted octanol–water partition coefficient (Wildman–Crippen LogP) is 2.06. The van der Waals surface area contributed by atoms with E-state index in [1.165, 1.54) is 12.8 Å². The van der Waals surface area contributed by atoms with Crippen molar-refractivity contribution in [2.24, 2.45) is 11.8 Å². The zero-order valence-corrected chi connectivity index (χ0v) is 14.2. The number of likely N-dealkylation sites (tertiary alicyclic amines) is 1. The van der Waals surface area contributed by atoms with Gasteiger partial charge in [-0.25, -0.2) is 0 Å². The highest BCUT2D eigenvalue weighted by molar-refractivity contribution is 5.79. The minimum Gasteiger partial charge on any atom is -0.389 e. The van der Waals surface area contributed by atoms with Crippen molar-refractivity contribution in [3.05, 3.63) is 24.5 Å². The second-order valence-electron chi connectivity index (χ2n) is 7.72. The van der Waals surface area contributed by atoms with Crippen molar-refractivity contribution in [3.8, 4) is 0 Å². The van der Waals surface area contributed by atoms with Crippen molar-refractivity contribution in [2.45, 2.75) is 44.1 Å². The van der Waals surface area contributed by atoms with Gasteiger partial charge in [0.2, 0.25) is 5.91 Å². The number of aliphatic hydroxyl groups is 1. The lowest BCUT2D eigenvalue weighted by Crippen LogP contribution is -2.61. The number of fused-ring (bicyclic) bond motifs is 1. The summed E-state index contributed by atoms with van der Waals surface area (Å²) >= 11 is 0. The van der Waals surface area contributed by atoms with Crippen LogP contribution in [0.4, 0.5) is 5.69 Å². The molecule has 0 spiro atoms. The fourth-order valence-electron chi connectivity index (χ4n) is 4.72. The van der Waals surface area contributed by atoms with Gasteiger partial charge < -0.3 is 14.9 Å². The molecule has 1 aliphatic carbocycles. The zero-order valence-electron chi connectivity index (χ0n) is 14.2. The van der Waals surface area contributed by atoms with Crippen LogP contribution in [0, 0.1) is 11.8 Å². The van der Waals surface area contributed by atoms with Gasteiger partial charge >= 0.3 is 0 Å². The number of amides is 1. The van der Waals surface area contributed by atoms with Gasteiger partial charge in [0.05, 0.1) is 5.60 Å². The molecule has 0 radical (unpaired) electrons. The third kappa shape index (κ3) is 2.90. The molecule has 130 valence electrons. The molecule has 5 heteroatoms. The number of aromatic nitrogens is 1. The summed E-state index contributed by atoms with van der Waals surface area (Å²) in [6.45, 7) is 3.10. The number of rotatable bonds is 2. The number of carbonyl (C=O) groups excluding carboxylic acids is 1. The standard InChI is InChI=1S/C19H27N3O2/c23-18(15-3-1-2-4-15)22-12-8-19(24)7-11-21(13-16(19)14-22)17-5-9-20-10-6-17/h5-6,9-10,15-16,24H,1-4,7-8,11-14H2/t16-,19-/m1/s1. The molecule has 3 fully saturated rings. The molecule has 2 saturated heterocycles. The van der Waals surface area contributed by atoms with Crippen LogP contribution in [0.15, 0.2) is 24.5 Å². The molecule has 1 aromatic heterocycles. The van der Waals surface area contributed by atoms with Gasteiger partial charge in [-0.2, -0.15) is 0 Å². The van der Waals surface area contributed by atoms with Crippen LogP contribution in [0.5, 0.6) is 0 Å². The van der Waals surface area contributed by atoms with Crippen molar-refractivity contribution < 1.29 is 9.90 Å². The first-order valence-electron chi connectivity index (χ1n) is 9.32. The van der Waals surface area contributed by atoms with Crippen LogP contribution < -0.4 is 4.90 Å². The SMILES string of the molecule is O=C(C1CCCC1)N1CC[C@]2(O)CCN(c3ccncc3)C[C@@H]2C1. The van der Waals surface area contributed by atoms with E-state index >= 15 is 0 Å². The van der Waals surface area contributed by atoms with Crippen LogP contribution in [0.1, 0.15) is 38.5 Å². The summed E-state index contributed by atoms with van der Waals surface area (Å²) in [5.74, 6) is 0.699. The summed E-state index contributed by atoms with van der Waals surface area (Å²) in [5.41, 5.74) is 0.557. The fourth-order valence-corrected chi connectivity index (χ4v) is 4.72. The van der Waals surface area contributed by atoms with Crippen LogP contribution in [0.3, 0.4) is 0 Å². The molecule has 3 aliphatic rings. The van der Waals surface area contributed by atoms with Gasteiger partial charge in [-0.05, 0) is 37.8 Å². The quantitative estimate of drug-likeness (QED) is 0.902. The smallest absolute Gasteiger partial charge is 0.225 e. The first-order chi connectivity index (χ1) is 11.7.